The third-order valence-electron chi connectivity index (χ3n) is 5.23. The average molecular weight is 429 g/mol. The van der Waals surface area contributed by atoms with Crippen molar-refractivity contribution in [3.8, 4) is 5.75 Å². The zero-order valence-corrected chi connectivity index (χ0v) is 17.1. The summed E-state index contributed by atoms with van der Waals surface area (Å²) in [6, 6.07) is 12.0. The van der Waals surface area contributed by atoms with E-state index in [0.717, 1.165) is 23.2 Å². The van der Waals surface area contributed by atoms with E-state index in [4.69, 9.17) is 16.3 Å². The molecule has 9 heteroatoms. The van der Waals surface area contributed by atoms with Crippen molar-refractivity contribution in [2.24, 2.45) is 0 Å². The number of anilines is 1. The zero-order valence-electron chi connectivity index (χ0n) is 16.4. The molecule has 1 amide bonds. The maximum atomic E-state index is 12.6. The lowest BCUT2D eigenvalue weighted by Crippen LogP contribution is -2.44. The molecule has 1 aliphatic rings. The maximum Gasteiger partial charge on any atom is 0.329 e. The molecule has 1 atom stereocenters. The van der Waals surface area contributed by atoms with Gasteiger partial charge in [-0.2, -0.15) is 0 Å². The Kier molecular flexibility index (Phi) is 5.50. The van der Waals surface area contributed by atoms with Crippen LogP contribution in [0.15, 0.2) is 52.1 Å². The van der Waals surface area contributed by atoms with E-state index in [9.17, 15) is 14.4 Å². The van der Waals surface area contributed by atoms with Crippen LogP contribution in [0.4, 0.5) is 5.69 Å². The fourth-order valence-corrected chi connectivity index (χ4v) is 3.93. The van der Waals surface area contributed by atoms with Gasteiger partial charge in [-0.1, -0.05) is 23.7 Å². The molecule has 3 aromatic rings. The van der Waals surface area contributed by atoms with Crippen molar-refractivity contribution < 1.29 is 9.53 Å². The Balaban J connectivity index is 1.46. The molecule has 4 rings (SSSR count). The summed E-state index contributed by atoms with van der Waals surface area (Å²) in [5, 5.41) is 3.89. The fraction of sp³-hybridized carbons (Fsp3) is 0.286. The lowest BCUT2D eigenvalue weighted by atomic mass is 10.2. The molecule has 2 aromatic carbocycles. The third kappa shape index (κ3) is 3.91. The smallest absolute Gasteiger partial charge is 0.329 e. The topological polar surface area (TPSA) is 96.4 Å². The van der Waals surface area contributed by atoms with Gasteiger partial charge < -0.3 is 19.9 Å². The predicted molar refractivity (Wildman–Crippen MR) is 116 cm³/mol. The molecular weight excluding hydrogens is 408 g/mol. The summed E-state index contributed by atoms with van der Waals surface area (Å²) in [5.41, 5.74) is 0.224. The second-order valence-corrected chi connectivity index (χ2v) is 7.62. The number of nitrogens with one attached hydrogen (secondary N) is 2. The summed E-state index contributed by atoms with van der Waals surface area (Å²) in [7, 11) is 1.60. The second kappa shape index (κ2) is 8.23. The standard InChI is InChI=1S/C21H21ClN4O4/c1-30-18-7-6-13(22)10-17(18)25-9-8-14(11-25)23-19(27)12-26-20(28)15-4-2-3-5-16(15)24-21(26)29/h2-7,10,14H,8-9,11-12H2,1H3,(H,23,27)(H,24,29). The summed E-state index contributed by atoms with van der Waals surface area (Å²) >= 11 is 6.12. The first-order chi connectivity index (χ1) is 14.5. The molecule has 30 heavy (non-hydrogen) atoms. The number of aromatic amines is 1. The Bertz CT molecular complexity index is 1220. The monoisotopic (exact) mass is 428 g/mol. The minimum absolute atomic E-state index is 0.114. The van der Waals surface area contributed by atoms with Crippen LogP contribution in [0.2, 0.25) is 5.02 Å². The number of para-hydroxylation sites is 1. The molecule has 1 aromatic heterocycles. The SMILES string of the molecule is COc1ccc(Cl)cc1N1CCC(NC(=O)Cn2c(=O)[nH]c3ccccc3c2=O)C1. The molecule has 1 fully saturated rings. The predicted octanol–water partition coefficient (Wildman–Crippen LogP) is 1.75. The van der Waals surface area contributed by atoms with Crippen molar-refractivity contribution in [3.05, 3.63) is 68.3 Å². The summed E-state index contributed by atoms with van der Waals surface area (Å²) in [5.74, 6) is 0.323. The molecule has 8 nitrogen and oxygen atoms in total. The maximum absolute atomic E-state index is 12.6. The first kappa shape index (κ1) is 20.0. The van der Waals surface area contributed by atoms with Crippen molar-refractivity contribution >= 4 is 34.1 Å². The van der Waals surface area contributed by atoms with Crippen LogP contribution in [0.3, 0.4) is 0 Å². The van der Waals surface area contributed by atoms with Crippen LogP contribution < -0.4 is 26.2 Å². The molecule has 0 spiro atoms. The van der Waals surface area contributed by atoms with Gasteiger partial charge in [0.05, 0.1) is 23.7 Å². The van der Waals surface area contributed by atoms with E-state index in [1.165, 1.54) is 0 Å². The molecule has 1 saturated heterocycles. The first-order valence-electron chi connectivity index (χ1n) is 9.56. The molecule has 0 aliphatic carbocycles. The number of fused-ring (bicyclic) bond motifs is 1. The van der Waals surface area contributed by atoms with E-state index in [2.05, 4.69) is 15.2 Å². The Labute approximate surface area is 177 Å². The third-order valence-corrected chi connectivity index (χ3v) is 5.46. The average Bonchev–Trinajstić information content (AvgIpc) is 3.19. The van der Waals surface area contributed by atoms with Gasteiger partial charge in [0.15, 0.2) is 0 Å². The van der Waals surface area contributed by atoms with Crippen molar-refractivity contribution in [1.82, 2.24) is 14.9 Å². The van der Waals surface area contributed by atoms with E-state index in [1.807, 2.05) is 12.1 Å². The molecule has 2 N–H and O–H groups in total. The van der Waals surface area contributed by atoms with Crippen LogP contribution in [0.5, 0.6) is 5.75 Å². The molecule has 0 bridgehead atoms. The van der Waals surface area contributed by atoms with Crippen LogP contribution >= 0.6 is 11.6 Å². The van der Waals surface area contributed by atoms with E-state index < -0.39 is 11.2 Å². The number of rotatable bonds is 5. The van der Waals surface area contributed by atoms with Crippen LogP contribution in [-0.2, 0) is 11.3 Å². The Morgan fingerprint density at radius 1 is 1.27 bits per heavy atom. The molecule has 0 saturated carbocycles. The minimum Gasteiger partial charge on any atom is -0.495 e. The number of carbonyl (C=O) groups is 1. The fourth-order valence-electron chi connectivity index (χ4n) is 3.77. The summed E-state index contributed by atoms with van der Waals surface area (Å²) in [6.07, 6.45) is 0.727. The Morgan fingerprint density at radius 2 is 2.07 bits per heavy atom. The number of nitrogens with zero attached hydrogens (tertiary/aromatic N) is 2. The lowest BCUT2D eigenvalue weighted by molar-refractivity contribution is -0.122. The molecule has 1 aliphatic heterocycles. The number of carbonyl (C=O) groups excluding carboxylic acids is 1. The summed E-state index contributed by atoms with van der Waals surface area (Å²) < 4.78 is 6.33. The lowest BCUT2D eigenvalue weighted by Gasteiger charge is -2.21. The van der Waals surface area contributed by atoms with Gasteiger partial charge in [-0.25, -0.2) is 4.79 Å². The van der Waals surface area contributed by atoms with Gasteiger partial charge in [-0.15, -0.1) is 0 Å². The quantitative estimate of drug-likeness (QED) is 0.645. The first-order valence-corrected chi connectivity index (χ1v) is 9.94. The van der Waals surface area contributed by atoms with Gasteiger partial charge in [-0.05, 0) is 36.8 Å². The van der Waals surface area contributed by atoms with Crippen molar-refractivity contribution in [3.63, 3.8) is 0 Å². The number of ether oxygens (including phenoxy) is 1. The largest absolute Gasteiger partial charge is 0.495 e. The number of hydrogen-bond donors (Lipinski definition) is 2. The number of benzene rings is 2. The van der Waals surface area contributed by atoms with Gasteiger partial charge in [0.1, 0.15) is 12.3 Å². The van der Waals surface area contributed by atoms with Gasteiger partial charge in [0, 0.05) is 24.2 Å². The summed E-state index contributed by atoms with van der Waals surface area (Å²) in [6.45, 7) is 0.958. The van der Waals surface area contributed by atoms with E-state index in [-0.39, 0.29) is 18.5 Å². The number of methoxy groups -OCH3 is 1. The van der Waals surface area contributed by atoms with E-state index in [0.29, 0.717) is 28.2 Å². The molecule has 156 valence electrons. The normalized spacial score (nSPS) is 16.1. The number of aromatic nitrogens is 2. The molecular formula is C21H21ClN4O4. The second-order valence-electron chi connectivity index (χ2n) is 7.18. The van der Waals surface area contributed by atoms with Crippen LogP contribution in [-0.4, -0.2) is 41.7 Å². The number of hydrogen-bond acceptors (Lipinski definition) is 5. The highest BCUT2D eigenvalue weighted by Crippen LogP contribution is 2.33. The number of amides is 1. The Morgan fingerprint density at radius 3 is 2.87 bits per heavy atom. The number of halogens is 1. The highest BCUT2D eigenvalue weighted by atomic mass is 35.5. The molecule has 2 heterocycles. The molecule has 1 unspecified atom stereocenters. The molecule has 0 radical (unpaired) electrons. The van der Waals surface area contributed by atoms with E-state index in [1.54, 1.807) is 37.4 Å². The van der Waals surface area contributed by atoms with Crippen LogP contribution in [0.25, 0.3) is 10.9 Å². The van der Waals surface area contributed by atoms with E-state index >= 15 is 0 Å². The van der Waals surface area contributed by atoms with Gasteiger partial charge in [-0.3, -0.25) is 14.2 Å². The zero-order chi connectivity index (χ0) is 21.3. The Hall–Kier alpha value is -3.26. The van der Waals surface area contributed by atoms with Gasteiger partial charge in [0.25, 0.3) is 5.56 Å². The van der Waals surface area contributed by atoms with Crippen molar-refractivity contribution in [2.75, 3.05) is 25.1 Å². The minimum atomic E-state index is -0.606. The van der Waals surface area contributed by atoms with Gasteiger partial charge >= 0.3 is 5.69 Å². The summed E-state index contributed by atoms with van der Waals surface area (Å²) in [4.78, 5) is 42.1. The highest BCUT2D eigenvalue weighted by Gasteiger charge is 2.26. The van der Waals surface area contributed by atoms with Crippen LogP contribution in [0, 0.1) is 0 Å². The van der Waals surface area contributed by atoms with Gasteiger partial charge in [0.2, 0.25) is 5.91 Å². The highest BCUT2D eigenvalue weighted by molar-refractivity contribution is 6.30. The van der Waals surface area contributed by atoms with Crippen molar-refractivity contribution in [1.29, 1.82) is 0 Å². The number of H-pyrrole nitrogens is 1. The van der Waals surface area contributed by atoms with Crippen LogP contribution in [0.1, 0.15) is 6.42 Å². The van der Waals surface area contributed by atoms with Crippen molar-refractivity contribution in [2.45, 2.75) is 19.0 Å².